The number of hydrogen-bond donors (Lipinski definition) is 0. The van der Waals surface area contributed by atoms with Crippen LogP contribution in [-0.2, 0) is 0 Å². The zero-order valence-corrected chi connectivity index (χ0v) is 35.7. The number of carbonyl (C=O) groups is 3. The van der Waals surface area contributed by atoms with E-state index in [4.69, 9.17) is 0 Å². The van der Waals surface area contributed by atoms with Crippen molar-refractivity contribution in [3.05, 3.63) is 176 Å². The average Bonchev–Trinajstić information content (AvgIpc) is 3.25. The molecule has 282 valence electrons. The molecule has 9 nitrogen and oxygen atoms in total. The summed E-state index contributed by atoms with van der Waals surface area (Å²) in [4.78, 5) is 60.7. The number of hydrogen-bond acceptors (Lipinski definition) is 6. The number of benzene rings is 4. The van der Waals surface area contributed by atoms with Crippen LogP contribution in [0.4, 0.5) is 17.1 Å². The largest absolute Gasteiger partial charge is 0.310 e. The molecule has 3 aromatic heterocycles. The predicted octanol–water partition coefficient (Wildman–Crippen LogP) is 11.0. The van der Waals surface area contributed by atoms with Crippen molar-refractivity contribution in [2.75, 3.05) is 35.8 Å². The van der Waals surface area contributed by atoms with Crippen LogP contribution in [0, 0.1) is 0 Å². The van der Waals surface area contributed by atoms with Gasteiger partial charge in [-0.15, -0.1) is 0 Å². The highest BCUT2D eigenvalue weighted by Gasteiger charge is 2.24. The molecule has 0 atom stereocenters. The van der Waals surface area contributed by atoms with Crippen molar-refractivity contribution in [2.24, 2.45) is 0 Å². The van der Waals surface area contributed by atoms with Crippen molar-refractivity contribution in [3.8, 4) is 33.8 Å². The minimum absolute atomic E-state index is 0.149. The normalized spacial score (nSPS) is 10.8. The second-order valence-corrected chi connectivity index (χ2v) is 15.9. The van der Waals surface area contributed by atoms with E-state index in [1.165, 1.54) is 32.9 Å². The first-order valence-corrected chi connectivity index (χ1v) is 20.0. The van der Waals surface area contributed by atoms with E-state index >= 15 is 0 Å². The third-order valence-electron chi connectivity index (χ3n) is 9.35. The quantitative estimate of drug-likeness (QED) is 0.143. The summed E-state index contributed by atoms with van der Waals surface area (Å²) in [7, 11) is 4.89. The zero-order chi connectivity index (χ0) is 40.2. The van der Waals surface area contributed by atoms with Crippen LogP contribution in [0.3, 0.4) is 0 Å². The number of pyridine rings is 3. The molecule has 0 saturated carbocycles. The van der Waals surface area contributed by atoms with Gasteiger partial charge in [0.25, 0.3) is 17.7 Å². The number of amides is 3. The Bertz CT molecular complexity index is 2320. The lowest BCUT2D eigenvalue weighted by molar-refractivity contribution is 0.0992. The molecule has 4 aromatic carbocycles. The van der Waals surface area contributed by atoms with Gasteiger partial charge >= 0.3 is 0 Å². The molecule has 7 aromatic rings. The standard InChI is InChI=1S/C45H33Br3N6O3/c1-52(37-13-16-40(49-25-37)28-7-4-10-34(46)22-28)43(55)31-19-32(44(56)53(2)38-14-17-41(50-26-38)29-8-5-11-35(47)23-29)21-33(20-31)45(57)54(3)39-15-18-42(51-27-39)30-9-6-12-36(48)24-30/h4-27H,1-3H3. The van der Waals surface area contributed by atoms with Crippen molar-refractivity contribution < 1.29 is 14.4 Å². The average molecular weight is 946 g/mol. The van der Waals surface area contributed by atoms with Crippen LogP contribution in [0.25, 0.3) is 33.8 Å². The fraction of sp³-hybridized carbons (Fsp3) is 0.0667. The summed E-state index contributed by atoms with van der Waals surface area (Å²) in [5, 5.41) is 0. The van der Waals surface area contributed by atoms with Gasteiger partial charge in [-0.1, -0.05) is 84.2 Å². The molecule has 12 heteroatoms. The number of carbonyl (C=O) groups excluding carboxylic acids is 3. The smallest absolute Gasteiger partial charge is 0.258 e. The Labute approximate surface area is 355 Å². The van der Waals surface area contributed by atoms with Crippen LogP contribution in [0.15, 0.2) is 159 Å². The van der Waals surface area contributed by atoms with E-state index in [-0.39, 0.29) is 16.7 Å². The Morgan fingerprint density at radius 2 is 0.684 bits per heavy atom. The van der Waals surface area contributed by atoms with Crippen LogP contribution >= 0.6 is 47.8 Å². The Morgan fingerprint density at radius 1 is 0.404 bits per heavy atom. The van der Waals surface area contributed by atoms with E-state index in [2.05, 4.69) is 62.7 Å². The molecule has 0 aliphatic heterocycles. The molecule has 57 heavy (non-hydrogen) atoms. The molecule has 7 rings (SSSR count). The van der Waals surface area contributed by atoms with Crippen molar-refractivity contribution >= 4 is 82.6 Å². The summed E-state index contributed by atoms with van der Waals surface area (Å²) in [6.45, 7) is 0. The molecular weight excluding hydrogens is 912 g/mol. The number of anilines is 3. The first kappa shape index (κ1) is 39.4. The van der Waals surface area contributed by atoms with Crippen LogP contribution in [0.1, 0.15) is 31.1 Å². The van der Waals surface area contributed by atoms with Crippen LogP contribution < -0.4 is 14.7 Å². The molecule has 0 unspecified atom stereocenters. The highest BCUT2D eigenvalue weighted by molar-refractivity contribution is 9.11. The van der Waals surface area contributed by atoms with Gasteiger partial charge in [0.2, 0.25) is 0 Å². The summed E-state index contributed by atoms with van der Waals surface area (Å²) < 4.78 is 2.78. The van der Waals surface area contributed by atoms with E-state index in [1.54, 1.807) is 57.9 Å². The molecule has 0 saturated heterocycles. The Morgan fingerprint density at radius 3 is 0.912 bits per heavy atom. The van der Waals surface area contributed by atoms with Crippen molar-refractivity contribution in [3.63, 3.8) is 0 Å². The summed E-state index contributed by atoms with van der Waals surface area (Å²) in [6.07, 6.45) is 4.85. The first-order chi connectivity index (χ1) is 27.4. The van der Waals surface area contributed by atoms with E-state index < -0.39 is 17.7 Å². The topological polar surface area (TPSA) is 99.6 Å². The monoisotopic (exact) mass is 942 g/mol. The minimum Gasteiger partial charge on any atom is -0.310 e. The van der Waals surface area contributed by atoms with Gasteiger partial charge in [0, 0.05) is 67.9 Å². The molecule has 3 heterocycles. The van der Waals surface area contributed by atoms with Crippen LogP contribution in [-0.4, -0.2) is 53.8 Å². The minimum atomic E-state index is -0.430. The lowest BCUT2D eigenvalue weighted by Gasteiger charge is -2.22. The second kappa shape index (κ2) is 17.1. The number of nitrogens with zero attached hydrogens (tertiary/aromatic N) is 6. The third-order valence-corrected chi connectivity index (χ3v) is 10.8. The van der Waals surface area contributed by atoms with E-state index in [0.717, 1.165) is 47.2 Å². The van der Waals surface area contributed by atoms with Gasteiger partial charge in [0.05, 0.1) is 52.7 Å². The van der Waals surface area contributed by atoms with Gasteiger partial charge < -0.3 is 14.7 Å². The van der Waals surface area contributed by atoms with Crippen molar-refractivity contribution in [2.45, 2.75) is 0 Å². The predicted molar refractivity (Wildman–Crippen MR) is 237 cm³/mol. The lowest BCUT2D eigenvalue weighted by atomic mass is 10.0. The fourth-order valence-corrected chi connectivity index (χ4v) is 7.34. The Hall–Kier alpha value is -5.82. The molecule has 0 spiro atoms. The SMILES string of the molecule is CN(C(=O)c1cc(C(=O)N(C)c2ccc(-c3cccc(Br)c3)nc2)cc(C(=O)N(C)c2ccc(-c3cccc(Br)c3)nc2)c1)c1ccc(-c2cccc(Br)c2)nc1. The van der Waals surface area contributed by atoms with E-state index in [0.29, 0.717) is 17.1 Å². The zero-order valence-electron chi connectivity index (χ0n) is 30.9. The fourth-order valence-electron chi connectivity index (χ4n) is 6.14. The number of aromatic nitrogens is 3. The lowest BCUT2D eigenvalue weighted by Crippen LogP contribution is -2.31. The maximum Gasteiger partial charge on any atom is 0.258 e. The maximum absolute atomic E-state index is 14.2. The molecule has 0 aliphatic carbocycles. The second-order valence-electron chi connectivity index (χ2n) is 13.1. The van der Waals surface area contributed by atoms with Crippen molar-refractivity contribution in [1.29, 1.82) is 0 Å². The molecule has 0 fully saturated rings. The third kappa shape index (κ3) is 8.93. The highest BCUT2D eigenvalue weighted by Crippen LogP contribution is 2.28. The van der Waals surface area contributed by atoms with E-state index in [1.807, 2.05) is 91.0 Å². The number of rotatable bonds is 9. The Balaban J connectivity index is 1.20. The summed E-state index contributed by atoms with van der Waals surface area (Å²) in [5.74, 6) is -1.29. The summed E-state index contributed by atoms with van der Waals surface area (Å²) >= 11 is 10.5. The molecule has 0 bridgehead atoms. The highest BCUT2D eigenvalue weighted by atomic mass is 79.9. The van der Waals surface area contributed by atoms with Crippen molar-refractivity contribution in [1.82, 2.24) is 15.0 Å². The first-order valence-electron chi connectivity index (χ1n) is 17.6. The Kier molecular flexibility index (Phi) is 11.8. The molecule has 0 N–H and O–H groups in total. The molecule has 0 radical (unpaired) electrons. The summed E-state index contributed by atoms with van der Waals surface area (Å²) in [6, 6.07) is 38.8. The number of halogens is 3. The maximum atomic E-state index is 14.2. The van der Waals surface area contributed by atoms with Gasteiger partial charge in [-0.05, 0) is 91.0 Å². The molecule has 3 amide bonds. The molecule has 0 aliphatic rings. The van der Waals surface area contributed by atoms with Gasteiger partial charge in [-0.2, -0.15) is 0 Å². The van der Waals surface area contributed by atoms with Gasteiger partial charge in [-0.3, -0.25) is 29.3 Å². The summed E-state index contributed by atoms with van der Waals surface area (Å²) in [5.41, 5.74) is 7.03. The van der Waals surface area contributed by atoms with Crippen LogP contribution in [0.2, 0.25) is 0 Å². The van der Waals surface area contributed by atoms with Gasteiger partial charge in [0.15, 0.2) is 0 Å². The van der Waals surface area contributed by atoms with Gasteiger partial charge in [-0.25, -0.2) is 0 Å². The van der Waals surface area contributed by atoms with Gasteiger partial charge in [0.1, 0.15) is 0 Å². The van der Waals surface area contributed by atoms with E-state index in [9.17, 15) is 14.4 Å². The van der Waals surface area contributed by atoms with Crippen LogP contribution in [0.5, 0.6) is 0 Å². The molecular formula is C45H33Br3N6O3.